The Labute approximate surface area is 94.0 Å². The molecule has 1 aromatic rings. The van der Waals surface area contributed by atoms with Gasteiger partial charge in [-0.1, -0.05) is 18.2 Å². The lowest BCUT2D eigenvalue weighted by atomic mass is 10.1. The Morgan fingerprint density at radius 2 is 2.31 bits per heavy atom. The molecule has 1 saturated heterocycles. The predicted molar refractivity (Wildman–Crippen MR) is 59.5 cm³/mol. The molecule has 0 spiro atoms. The van der Waals surface area contributed by atoms with Crippen molar-refractivity contribution in [1.82, 2.24) is 10.6 Å². The minimum Gasteiger partial charge on any atom is -0.352 e. The van der Waals surface area contributed by atoms with Gasteiger partial charge in [0.15, 0.2) is 0 Å². The molecule has 0 saturated carbocycles. The topological polar surface area (TPSA) is 41.1 Å². The SMILES string of the molecule is O=C(Cc1ccccc1F)N[C@H]1CCNC1. The molecule has 1 aromatic carbocycles. The molecule has 86 valence electrons. The van der Waals surface area contributed by atoms with E-state index in [1.54, 1.807) is 18.2 Å². The van der Waals surface area contributed by atoms with Crippen LogP contribution in [0.4, 0.5) is 4.39 Å². The molecule has 3 nitrogen and oxygen atoms in total. The second-order valence-electron chi connectivity index (χ2n) is 4.03. The summed E-state index contributed by atoms with van der Waals surface area (Å²) in [4.78, 5) is 11.6. The normalized spacial score (nSPS) is 19.7. The zero-order chi connectivity index (χ0) is 11.4. The number of halogens is 1. The van der Waals surface area contributed by atoms with Crippen LogP contribution >= 0.6 is 0 Å². The van der Waals surface area contributed by atoms with Gasteiger partial charge < -0.3 is 10.6 Å². The third kappa shape index (κ3) is 2.79. The predicted octanol–water partition coefficient (Wildman–Crippen LogP) is 0.846. The fourth-order valence-electron chi connectivity index (χ4n) is 1.87. The Balaban J connectivity index is 1.89. The molecule has 0 radical (unpaired) electrons. The van der Waals surface area contributed by atoms with Gasteiger partial charge in [0.25, 0.3) is 0 Å². The number of nitrogens with one attached hydrogen (secondary N) is 2. The number of rotatable bonds is 3. The van der Waals surface area contributed by atoms with Gasteiger partial charge in [-0.3, -0.25) is 4.79 Å². The molecule has 0 aromatic heterocycles. The van der Waals surface area contributed by atoms with Gasteiger partial charge in [-0.15, -0.1) is 0 Å². The summed E-state index contributed by atoms with van der Waals surface area (Å²) in [5, 5.41) is 6.05. The number of hydrogen-bond acceptors (Lipinski definition) is 2. The minimum atomic E-state index is -0.317. The lowest BCUT2D eigenvalue weighted by Gasteiger charge is -2.11. The van der Waals surface area contributed by atoms with E-state index in [4.69, 9.17) is 0 Å². The fourth-order valence-corrected chi connectivity index (χ4v) is 1.87. The van der Waals surface area contributed by atoms with Crippen LogP contribution in [0.1, 0.15) is 12.0 Å². The average Bonchev–Trinajstić information content (AvgIpc) is 2.74. The summed E-state index contributed by atoms with van der Waals surface area (Å²) in [6.45, 7) is 1.74. The first-order chi connectivity index (χ1) is 7.75. The summed E-state index contributed by atoms with van der Waals surface area (Å²) in [7, 11) is 0. The largest absolute Gasteiger partial charge is 0.352 e. The van der Waals surface area contributed by atoms with Gasteiger partial charge in [0.05, 0.1) is 6.42 Å². The second kappa shape index (κ2) is 5.07. The van der Waals surface area contributed by atoms with E-state index >= 15 is 0 Å². The molecule has 16 heavy (non-hydrogen) atoms. The van der Waals surface area contributed by atoms with Gasteiger partial charge in [-0.05, 0) is 24.6 Å². The number of carbonyl (C=O) groups is 1. The zero-order valence-electron chi connectivity index (χ0n) is 9.00. The third-order valence-electron chi connectivity index (χ3n) is 2.73. The Morgan fingerprint density at radius 1 is 1.50 bits per heavy atom. The summed E-state index contributed by atoms with van der Waals surface area (Å²) < 4.78 is 13.3. The van der Waals surface area contributed by atoms with Gasteiger partial charge in [-0.2, -0.15) is 0 Å². The van der Waals surface area contributed by atoms with Crippen molar-refractivity contribution in [3.8, 4) is 0 Å². The van der Waals surface area contributed by atoms with Crippen molar-refractivity contribution >= 4 is 5.91 Å². The van der Waals surface area contributed by atoms with Crippen molar-refractivity contribution in [2.45, 2.75) is 18.9 Å². The first kappa shape index (κ1) is 11.1. The van der Waals surface area contributed by atoms with E-state index in [0.29, 0.717) is 5.56 Å². The van der Waals surface area contributed by atoms with Gasteiger partial charge in [0.2, 0.25) is 5.91 Å². The number of carbonyl (C=O) groups excluding carboxylic acids is 1. The third-order valence-corrected chi connectivity index (χ3v) is 2.73. The van der Waals surface area contributed by atoms with E-state index in [-0.39, 0.29) is 24.2 Å². The monoisotopic (exact) mass is 222 g/mol. The molecule has 1 aliphatic rings. The quantitative estimate of drug-likeness (QED) is 0.796. The van der Waals surface area contributed by atoms with Gasteiger partial charge in [-0.25, -0.2) is 4.39 Å². The van der Waals surface area contributed by atoms with Crippen LogP contribution in [0.5, 0.6) is 0 Å². The minimum absolute atomic E-state index is 0.112. The standard InChI is InChI=1S/C12H15FN2O/c13-11-4-2-1-3-9(11)7-12(16)15-10-5-6-14-8-10/h1-4,10,14H,5-8H2,(H,15,16)/t10-/m0/s1. The molecule has 1 aliphatic heterocycles. The number of hydrogen-bond donors (Lipinski definition) is 2. The Hall–Kier alpha value is -1.42. The summed E-state index contributed by atoms with van der Waals surface area (Å²) in [5.74, 6) is -0.430. The number of benzene rings is 1. The van der Waals surface area contributed by atoms with Crippen LogP contribution in [0.2, 0.25) is 0 Å². The van der Waals surface area contributed by atoms with Crippen LogP contribution in [0.15, 0.2) is 24.3 Å². The van der Waals surface area contributed by atoms with E-state index in [0.717, 1.165) is 19.5 Å². The maximum atomic E-state index is 13.3. The summed E-state index contributed by atoms with van der Waals surface area (Å²) in [6.07, 6.45) is 1.06. The Kier molecular flexibility index (Phi) is 3.51. The van der Waals surface area contributed by atoms with Crippen LogP contribution < -0.4 is 10.6 Å². The smallest absolute Gasteiger partial charge is 0.224 e. The molecule has 0 aliphatic carbocycles. The molecule has 0 bridgehead atoms. The highest BCUT2D eigenvalue weighted by atomic mass is 19.1. The molecular formula is C12H15FN2O. The molecule has 1 heterocycles. The Morgan fingerprint density at radius 3 is 3.00 bits per heavy atom. The van der Waals surface area contributed by atoms with Crippen LogP contribution in [-0.4, -0.2) is 25.0 Å². The summed E-state index contributed by atoms with van der Waals surface area (Å²) in [5.41, 5.74) is 0.450. The van der Waals surface area contributed by atoms with Gasteiger partial charge in [0, 0.05) is 12.6 Å². The highest BCUT2D eigenvalue weighted by molar-refractivity contribution is 5.78. The molecule has 4 heteroatoms. The molecule has 1 amide bonds. The van der Waals surface area contributed by atoms with Crippen molar-refractivity contribution in [1.29, 1.82) is 0 Å². The molecular weight excluding hydrogens is 207 g/mol. The molecule has 1 fully saturated rings. The fraction of sp³-hybridized carbons (Fsp3) is 0.417. The van der Waals surface area contributed by atoms with Crippen molar-refractivity contribution in [3.05, 3.63) is 35.6 Å². The molecule has 0 unspecified atom stereocenters. The maximum absolute atomic E-state index is 13.3. The van der Waals surface area contributed by atoms with Crippen LogP contribution in [-0.2, 0) is 11.2 Å². The first-order valence-corrected chi connectivity index (χ1v) is 5.49. The van der Waals surface area contributed by atoms with Crippen LogP contribution in [0.25, 0.3) is 0 Å². The van der Waals surface area contributed by atoms with Gasteiger partial charge in [0.1, 0.15) is 5.82 Å². The Bertz CT molecular complexity index is 375. The lowest BCUT2D eigenvalue weighted by molar-refractivity contribution is -0.121. The molecule has 1 atom stereocenters. The number of amides is 1. The maximum Gasteiger partial charge on any atom is 0.224 e. The molecule has 2 N–H and O–H groups in total. The van der Waals surface area contributed by atoms with Crippen LogP contribution in [0, 0.1) is 5.82 Å². The lowest BCUT2D eigenvalue weighted by Crippen LogP contribution is -2.37. The summed E-state index contributed by atoms with van der Waals surface area (Å²) >= 11 is 0. The van der Waals surface area contributed by atoms with Crippen molar-refractivity contribution in [2.24, 2.45) is 0 Å². The van der Waals surface area contributed by atoms with Crippen molar-refractivity contribution in [3.63, 3.8) is 0 Å². The van der Waals surface area contributed by atoms with Crippen molar-refractivity contribution < 1.29 is 9.18 Å². The second-order valence-corrected chi connectivity index (χ2v) is 4.03. The zero-order valence-corrected chi connectivity index (χ0v) is 9.00. The van der Waals surface area contributed by atoms with E-state index in [1.165, 1.54) is 6.07 Å². The molecule has 2 rings (SSSR count). The van der Waals surface area contributed by atoms with E-state index in [1.807, 2.05) is 0 Å². The van der Waals surface area contributed by atoms with Crippen LogP contribution in [0.3, 0.4) is 0 Å². The summed E-state index contributed by atoms with van der Waals surface area (Å²) in [6, 6.07) is 6.57. The van der Waals surface area contributed by atoms with E-state index in [2.05, 4.69) is 10.6 Å². The van der Waals surface area contributed by atoms with E-state index < -0.39 is 0 Å². The highest BCUT2D eigenvalue weighted by Gasteiger charge is 2.17. The van der Waals surface area contributed by atoms with E-state index in [9.17, 15) is 9.18 Å². The van der Waals surface area contributed by atoms with Gasteiger partial charge >= 0.3 is 0 Å². The highest BCUT2D eigenvalue weighted by Crippen LogP contribution is 2.07. The van der Waals surface area contributed by atoms with Crippen molar-refractivity contribution in [2.75, 3.05) is 13.1 Å². The average molecular weight is 222 g/mol. The first-order valence-electron chi connectivity index (χ1n) is 5.49.